The quantitative estimate of drug-likeness (QED) is 0.160. The molecule has 1 heteroatoms. The molecule has 0 radical (unpaired) electrons. The lowest BCUT2D eigenvalue weighted by molar-refractivity contribution is 0.420. The molecular weight excluding hydrogens is 651 g/mol. The molecular formula is C53H47N. The Hall–Kier alpha value is -5.66. The van der Waals surface area contributed by atoms with Crippen LogP contribution in [-0.2, 0) is 5.41 Å². The van der Waals surface area contributed by atoms with Crippen LogP contribution in [0.15, 0.2) is 164 Å². The number of hydrogen-bond donors (Lipinski definition) is 0. The third-order valence-electron chi connectivity index (χ3n) is 13.1. The van der Waals surface area contributed by atoms with Gasteiger partial charge in [-0.3, -0.25) is 0 Å². The van der Waals surface area contributed by atoms with Crippen LogP contribution in [0, 0.1) is 18.8 Å². The largest absolute Gasteiger partial charge is 0.310 e. The number of hydrogen-bond acceptors (Lipinski definition) is 1. The number of rotatable bonds is 7. The van der Waals surface area contributed by atoms with Crippen molar-refractivity contribution in [3.8, 4) is 44.5 Å². The van der Waals surface area contributed by atoms with Crippen molar-refractivity contribution in [2.45, 2.75) is 57.8 Å². The Morgan fingerprint density at radius 3 is 1.83 bits per heavy atom. The standard InChI is InChI=1S/C53H47N/c1-35-14-13-22-49-52(35)47-31-30-41(34-50(47)53(49,2)3)54(40-28-26-38(27-29-40)48-33-36-24-25-39(48)32-36)51-23-12-11-21-46(51)45-20-10-9-19-44(45)43-18-8-7-17-42(43)37-15-5-4-6-16-37/h4-23,26-31,34,36,39,48H,24-25,32-33H2,1-3H3. The maximum atomic E-state index is 2.52. The summed E-state index contributed by atoms with van der Waals surface area (Å²) in [5, 5.41) is 0. The second kappa shape index (κ2) is 13.0. The summed E-state index contributed by atoms with van der Waals surface area (Å²) in [5.41, 5.74) is 19.3. The van der Waals surface area contributed by atoms with Gasteiger partial charge in [-0.05, 0) is 135 Å². The van der Waals surface area contributed by atoms with Crippen molar-refractivity contribution in [1.29, 1.82) is 0 Å². The zero-order valence-electron chi connectivity index (χ0n) is 31.6. The number of benzene rings is 7. The molecule has 0 aromatic heterocycles. The number of nitrogens with zero attached hydrogens (tertiary/aromatic N) is 1. The molecule has 2 fully saturated rings. The molecule has 2 saturated carbocycles. The maximum absolute atomic E-state index is 2.52. The molecule has 7 aromatic carbocycles. The van der Waals surface area contributed by atoms with E-state index in [4.69, 9.17) is 0 Å². The van der Waals surface area contributed by atoms with Gasteiger partial charge in [0.25, 0.3) is 0 Å². The van der Waals surface area contributed by atoms with E-state index in [1.54, 1.807) is 0 Å². The maximum Gasteiger partial charge on any atom is 0.0540 e. The van der Waals surface area contributed by atoms with Gasteiger partial charge < -0.3 is 4.90 Å². The fourth-order valence-corrected chi connectivity index (χ4v) is 10.5. The Labute approximate surface area is 321 Å². The molecule has 54 heavy (non-hydrogen) atoms. The molecule has 0 saturated heterocycles. The Bertz CT molecular complexity index is 2510. The van der Waals surface area contributed by atoms with Gasteiger partial charge in [-0.25, -0.2) is 0 Å². The summed E-state index contributed by atoms with van der Waals surface area (Å²) in [6, 6.07) is 61.3. The van der Waals surface area contributed by atoms with E-state index in [9.17, 15) is 0 Å². The highest BCUT2D eigenvalue weighted by Gasteiger charge is 2.40. The van der Waals surface area contributed by atoms with Crippen LogP contribution >= 0.6 is 0 Å². The molecule has 264 valence electrons. The molecule has 0 spiro atoms. The summed E-state index contributed by atoms with van der Waals surface area (Å²) in [6.07, 6.45) is 5.61. The fraction of sp³-hybridized carbons (Fsp3) is 0.208. The normalized spacial score (nSPS) is 19.1. The Balaban J connectivity index is 1.15. The summed E-state index contributed by atoms with van der Waals surface area (Å²) in [7, 11) is 0. The van der Waals surface area contributed by atoms with Crippen molar-refractivity contribution < 1.29 is 0 Å². The molecule has 0 aliphatic heterocycles. The van der Waals surface area contributed by atoms with E-state index in [1.165, 1.54) is 110 Å². The SMILES string of the molecule is Cc1cccc2c1-c1ccc(N(c3ccc(C4CC5CCC4C5)cc3)c3ccccc3-c3ccccc3-c3ccccc3-c3ccccc3)cc1C2(C)C. The number of aryl methyl sites for hydroxylation is 1. The van der Waals surface area contributed by atoms with Crippen molar-refractivity contribution in [2.24, 2.45) is 11.8 Å². The predicted octanol–water partition coefficient (Wildman–Crippen LogP) is 14.7. The monoisotopic (exact) mass is 697 g/mol. The summed E-state index contributed by atoms with van der Waals surface area (Å²) < 4.78 is 0. The van der Waals surface area contributed by atoms with Crippen molar-refractivity contribution in [3.05, 3.63) is 186 Å². The van der Waals surface area contributed by atoms with Gasteiger partial charge in [0.05, 0.1) is 5.69 Å². The van der Waals surface area contributed by atoms with Gasteiger partial charge >= 0.3 is 0 Å². The van der Waals surface area contributed by atoms with Gasteiger partial charge in [-0.2, -0.15) is 0 Å². The highest BCUT2D eigenvalue weighted by Crippen LogP contribution is 2.55. The highest BCUT2D eigenvalue weighted by atomic mass is 15.1. The van der Waals surface area contributed by atoms with E-state index < -0.39 is 0 Å². The zero-order chi connectivity index (χ0) is 36.4. The topological polar surface area (TPSA) is 3.24 Å². The van der Waals surface area contributed by atoms with E-state index in [2.05, 4.69) is 189 Å². The van der Waals surface area contributed by atoms with E-state index >= 15 is 0 Å². The minimum Gasteiger partial charge on any atom is -0.310 e. The van der Waals surface area contributed by atoms with Gasteiger partial charge in [0.2, 0.25) is 0 Å². The lowest BCUT2D eigenvalue weighted by Crippen LogP contribution is -2.17. The third kappa shape index (κ3) is 5.36. The fourth-order valence-electron chi connectivity index (χ4n) is 10.5. The average Bonchev–Trinajstić information content (AvgIpc) is 3.92. The molecule has 3 atom stereocenters. The first-order valence-corrected chi connectivity index (χ1v) is 19.9. The Morgan fingerprint density at radius 1 is 0.500 bits per heavy atom. The zero-order valence-corrected chi connectivity index (χ0v) is 31.6. The molecule has 10 rings (SSSR count). The van der Waals surface area contributed by atoms with E-state index in [0.717, 1.165) is 11.8 Å². The molecule has 3 aliphatic rings. The predicted molar refractivity (Wildman–Crippen MR) is 228 cm³/mol. The van der Waals surface area contributed by atoms with Crippen molar-refractivity contribution in [2.75, 3.05) is 4.90 Å². The third-order valence-corrected chi connectivity index (χ3v) is 13.1. The number of anilines is 3. The molecule has 3 aliphatic carbocycles. The highest BCUT2D eigenvalue weighted by molar-refractivity contribution is 5.97. The Morgan fingerprint density at radius 2 is 1.13 bits per heavy atom. The first kappa shape index (κ1) is 32.9. The van der Waals surface area contributed by atoms with Crippen molar-refractivity contribution in [1.82, 2.24) is 0 Å². The lowest BCUT2D eigenvalue weighted by Gasteiger charge is -2.31. The van der Waals surface area contributed by atoms with Crippen LogP contribution < -0.4 is 4.90 Å². The minimum absolute atomic E-state index is 0.0999. The smallest absolute Gasteiger partial charge is 0.0540 e. The van der Waals surface area contributed by atoms with Crippen molar-refractivity contribution in [3.63, 3.8) is 0 Å². The van der Waals surface area contributed by atoms with Gasteiger partial charge in [0.15, 0.2) is 0 Å². The second-order valence-corrected chi connectivity index (χ2v) is 16.5. The van der Waals surface area contributed by atoms with Crippen LogP contribution in [0.2, 0.25) is 0 Å². The summed E-state index contributed by atoms with van der Waals surface area (Å²) in [5.74, 6) is 2.49. The molecule has 0 heterocycles. The number of fused-ring (bicyclic) bond motifs is 5. The molecule has 2 bridgehead atoms. The van der Waals surface area contributed by atoms with Crippen LogP contribution in [0.1, 0.15) is 67.7 Å². The molecule has 0 N–H and O–H groups in total. The second-order valence-electron chi connectivity index (χ2n) is 16.5. The molecule has 1 nitrogen and oxygen atoms in total. The Kier molecular flexibility index (Phi) is 7.95. The van der Waals surface area contributed by atoms with Gasteiger partial charge in [-0.1, -0.05) is 154 Å². The van der Waals surface area contributed by atoms with E-state index in [0.29, 0.717) is 5.92 Å². The van der Waals surface area contributed by atoms with Crippen molar-refractivity contribution >= 4 is 17.1 Å². The first-order chi connectivity index (χ1) is 26.5. The van der Waals surface area contributed by atoms with Crippen LogP contribution in [0.25, 0.3) is 44.5 Å². The van der Waals surface area contributed by atoms with Crippen LogP contribution in [-0.4, -0.2) is 0 Å². The lowest BCUT2D eigenvalue weighted by atomic mass is 9.82. The molecule has 3 unspecified atom stereocenters. The van der Waals surface area contributed by atoms with Crippen LogP contribution in [0.4, 0.5) is 17.1 Å². The minimum atomic E-state index is -0.0999. The van der Waals surface area contributed by atoms with E-state index in [-0.39, 0.29) is 5.41 Å². The summed E-state index contributed by atoms with van der Waals surface area (Å²) >= 11 is 0. The van der Waals surface area contributed by atoms with Crippen LogP contribution in [0.5, 0.6) is 0 Å². The number of para-hydroxylation sites is 1. The van der Waals surface area contributed by atoms with Gasteiger partial charge in [-0.15, -0.1) is 0 Å². The summed E-state index contributed by atoms with van der Waals surface area (Å²) in [6.45, 7) is 7.04. The molecule has 0 amide bonds. The van der Waals surface area contributed by atoms with Gasteiger partial charge in [0, 0.05) is 22.4 Å². The first-order valence-electron chi connectivity index (χ1n) is 19.9. The summed E-state index contributed by atoms with van der Waals surface area (Å²) in [4.78, 5) is 2.52. The average molecular weight is 698 g/mol. The molecule has 7 aromatic rings. The van der Waals surface area contributed by atoms with Gasteiger partial charge in [0.1, 0.15) is 0 Å². The van der Waals surface area contributed by atoms with Crippen LogP contribution in [0.3, 0.4) is 0 Å². The van der Waals surface area contributed by atoms with E-state index in [1.807, 2.05) is 0 Å².